The summed E-state index contributed by atoms with van der Waals surface area (Å²) in [5, 5.41) is 0. The Labute approximate surface area is 148 Å². The fraction of sp³-hybridized carbons (Fsp3) is 0.650. The standard InChI is InChI=1S/C20H26F2N2O/c1-12(2)24-13-6-7-14(24)11-23(9-8-13)20(25)17-10-16(17)15-4-3-5-18(21)19(15)22/h3-5,12-14,16-17H,6-11H2,1-2H3/t13-,14-,16-,17-/m0/s1. The molecule has 3 fully saturated rings. The van der Waals surface area contributed by atoms with Gasteiger partial charge in [-0.15, -0.1) is 0 Å². The van der Waals surface area contributed by atoms with Crippen LogP contribution in [0.5, 0.6) is 0 Å². The van der Waals surface area contributed by atoms with E-state index < -0.39 is 11.6 Å². The Morgan fingerprint density at radius 3 is 2.68 bits per heavy atom. The Morgan fingerprint density at radius 2 is 1.92 bits per heavy atom. The Bertz CT molecular complexity index is 678. The van der Waals surface area contributed by atoms with Crippen LogP contribution in [-0.4, -0.2) is 46.9 Å². The SMILES string of the molecule is CC(C)N1[C@H]2CC[C@H]1CN(C(=O)[C@H]1C[C@H]1c1cccc(F)c1F)CC2. The minimum absolute atomic E-state index is 0.130. The second-order valence-corrected chi connectivity index (χ2v) is 8.09. The largest absolute Gasteiger partial charge is 0.341 e. The number of hydrogen-bond donors (Lipinski definition) is 0. The summed E-state index contributed by atoms with van der Waals surface area (Å²) >= 11 is 0. The molecule has 0 radical (unpaired) electrons. The molecule has 3 nitrogen and oxygen atoms in total. The lowest BCUT2D eigenvalue weighted by Crippen LogP contribution is -2.44. The van der Waals surface area contributed by atoms with E-state index in [1.165, 1.54) is 12.5 Å². The number of amides is 1. The van der Waals surface area contributed by atoms with Gasteiger partial charge in [-0.05, 0) is 57.1 Å². The van der Waals surface area contributed by atoms with Gasteiger partial charge in [0.2, 0.25) is 5.91 Å². The summed E-state index contributed by atoms with van der Waals surface area (Å²) in [4.78, 5) is 17.5. The first-order valence-electron chi connectivity index (χ1n) is 9.47. The van der Waals surface area contributed by atoms with Gasteiger partial charge in [0.05, 0.1) is 0 Å². The molecule has 1 aliphatic carbocycles. The average molecular weight is 348 g/mol. The van der Waals surface area contributed by atoms with E-state index in [-0.39, 0.29) is 17.7 Å². The average Bonchev–Trinajstić information content (AvgIpc) is 3.28. The van der Waals surface area contributed by atoms with Gasteiger partial charge >= 0.3 is 0 Å². The smallest absolute Gasteiger partial charge is 0.226 e. The van der Waals surface area contributed by atoms with E-state index in [1.54, 1.807) is 6.07 Å². The molecule has 4 atom stereocenters. The van der Waals surface area contributed by atoms with Gasteiger partial charge in [0.25, 0.3) is 0 Å². The maximum Gasteiger partial charge on any atom is 0.226 e. The molecule has 136 valence electrons. The molecular formula is C20H26F2N2O. The van der Waals surface area contributed by atoms with Crippen LogP contribution in [-0.2, 0) is 4.79 Å². The van der Waals surface area contributed by atoms with Gasteiger partial charge < -0.3 is 4.90 Å². The maximum atomic E-state index is 14.0. The highest BCUT2D eigenvalue weighted by Gasteiger charge is 2.49. The Hall–Kier alpha value is -1.49. The van der Waals surface area contributed by atoms with Gasteiger partial charge in [0.1, 0.15) is 0 Å². The highest BCUT2D eigenvalue weighted by atomic mass is 19.2. The summed E-state index contributed by atoms with van der Waals surface area (Å²) in [5.74, 6) is -1.82. The number of fused-ring (bicyclic) bond motifs is 2. The molecule has 25 heavy (non-hydrogen) atoms. The number of rotatable bonds is 3. The van der Waals surface area contributed by atoms with Crippen molar-refractivity contribution < 1.29 is 13.6 Å². The van der Waals surface area contributed by atoms with E-state index >= 15 is 0 Å². The summed E-state index contributed by atoms with van der Waals surface area (Å²) in [7, 11) is 0. The minimum Gasteiger partial charge on any atom is -0.341 e. The third-order valence-corrected chi connectivity index (χ3v) is 6.24. The fourth-order valence-corrected chi connectivity index (χ4v) is 5.01. The van der Waals surface area contributed by atoms with E-state index in [0.717, 1.165) is 32.0 Å². The summed E-state index contributed by atoms with van der Waals surface area (Å²) in [6, 6.07) is 5.80. The first kappa shape index (κ1) is 17.0. The second-order valence-electron chi connectivity index (χ2n) is 8.09. The molecule has 2 aliphatic heterocycles. The number of hydrogen-bond acceptors (Lipinski definition) is 2. The highest BCUT2D eigenvalue weighted by Crippen LogP contribution is 2.50. The van der Waals surface area contributed by atoms with Crippen molar-refractivity contribution in [2.24, 2.45) is 5.92 Å². The lowest BCUT2D eigenvalue weighted by molar-refractivity contribution is -0.133. The third-order valence-electron chi connectivity index (χ3n) is 6.24. The normalized spacial score (nSPS) is 32.1. The van der Waals surface area contributed by atoms with E-state index in [2.05, 4.69) is 18.7 Å². The van der Waals surface area contributed by atoms with Crippen molar-refractivity contribution in [1.29, 1.82) is 0 Å². The number of carbonyl (C=O) groups excluding carboxylic acids is 1. The van der Waals surface area contributed by atoms with Gasteiger partial charge in [-0.2, -0.15) is 0 Å². The molecule has 2 heterocycles. The zero-order valence-electron chi connectivity index (χ0n) is 14.9. The van der Waals surface area contributed by atoms with Crippen LogP contribution in [0.2, 0.25) is 0 Å². The molecule has 0 spiro atoms. The molecule has 2 bridgehead atoms. The van der Waals surface area contributed by atoms with Crippen molar-refractivity contribution in [2.45, 2.75) is 63.6 Å². The van der Waals surface area contributed by atoms with Crippen molar-refractivity contribution >= 4 is 5.91 Å². The van der Waals surface area contributed by atoms with Crippen molar-refractivity contribution in [1.82, 2.24) is 9.80 Å². The van der Waals surface area contributed by atoms with Gasteiger partial charge in [-0.1, -0.05) is 12.1 Å². The minimum atomic E-state index is -0.824. The molecule has 1 aromatic carbocycles. The molecule has 1 amide bonds. The van der Waals surface area contributed by atoms with Crippen LogP contribution in [0, 0.1) is 17.6 Å². The fourth-order valence-electron chi connectivity index (χ4n) is 5.01. The zero-order valence-corrected chi connectivity index (χ0v) is 14.9. The van der Waals surface area contributed by atoms with Crippen LogP contribution in [0.4, 0.5) is 8.78 Å². The van der Waals surface area contributed by atoms with E-state index in [1.807, 2.05) is 4.90 Å². The summed E-state index contributed by atoms with van der Waals surface area (Å²) in [6.45, 7) is 6.03. The molecule has 2 saturated heterocycles. The quantitative estimate of drug-likeness (QED) is 0.834. The van der Waals surface area contributed by atoms with Crippen molar-refractivity contribution in [3.63, 3.8) is 0 Å². The monoisotopic (exact) mass is 348 g/mol. The van der Waals surface area contributed by atoms with Crippen molar-refractivity contribution in [3.05, 3.63) is 35.4 Å². The highest BCUT2D eigenvalue weighted by molar-refractivity contribution is 5.83. The van der Waals surface area contributed by atoms with Crippen molar-refractivity contribution in [3.8, 4) is 0 Å². The van der Waals surface area contributed by atoms with Gasteiger partial charge in [-0.25, -0.2) is 8.78 Å². The number of nitrogens with zero attached hydrogens (tertiary/aromatic N) is 2. The summed E-state index contributed by atoms with van der Waals surface area (Å²) < 4.78 is 27.4. The van der Waals surface area contributed by atoms with Crippen molar-refractivity contribution in [2.75, 3.05) is 13.1 Å². The molecular weight excluding hydrogens is 322 g/mol. The predicted octanol–water partition coefficient (Wildman–Crippen LogP) is 3.54. The van der Waals surface area contributed by atoms with Crippen LogP contribution >= 0.6 is 0 Å². The molecule has 4 rings (SSSR count). The lowest BCUT2D eigenvalue weighted by Gasteiger charge is -2.32. The van der Waals surface area contributed by atoms with Crippen LogP contribution in [0.25, 0.3) is 0 Å². The molecule has 0 aromatic heterocycles. The number of halogens is 2. The molecule has 0 unspecified atom stereocenters. The van der Waals surface area contributed by atoms with Gasteiger partial charge in [0, 0.05) is 37.1 Å². The first-order valence-corrected chi connectivity index (χ1v) is 9.47. The Morgan fingerprint density at radius 1 is 1.16 bits per heavy atom. The van der Waals surface area contributed by atoms with Crippen LogP contribution in [0.1, 0.15) is 51.0 Å². The second kappa shape index (κ2) is 6.35. The maximum absolute atomic E-state index is 14.0. The Kier molecular flexibility index (Phi) is 4.30. The summed E-state index contributed by atoms with van der Waals surface area (Å²) in [6.07, 6.45) is 4.04. The van der Waals surface area contributed by atoms with E-state index in [4.69, 9.17) is 0 Å². The summed E-state index contributed by atoms with van der Waals surface area (Å²) in [5.41, 5.74) is 0.360. The Balaban J connectivity index is 1.45. The first-order chi connectivity index (χ1) is 12.0. The number of likely N-dealkylation sites (tertiary alicyclic amines) is 1. The predicted molar refractivity (Wildman–Crippen MR) is 92.2 cm³/mol. The number of benzene rings is 1. The number of carbonyl (C=O) groups is 1. The zero-order chi connectivity index (χ0) is 17.7. The molecule has 0 N–H and O–H groups in total. The third kappa shape index (κ3) is 2.97. The molecule has 1 saturated carbocycles. The van der Waals surface area contributed by atoms with E-state index in [0.29, 0.717) is 30.1 Å². The molecule has 5 heteroatoms. The van der Waals surface area contributed by atoms with Crippen LogP contribution in [0.15, 0.2) is 18.2 Å². The molecule has 3 aliphatic rings. The van der Waals surface area contributed by atoms with E-state index in [9.17, 15) is 13.6 Å². The lowest BCUT2D eigenvalue weighted by atomic mass is 10.1. The molecule has 1 aromatic rings. The van der Waals surface area contributed by atoms with Crippen LogP contribution in [0.3, 0.4) is 0 Å². The topological polar surface area (TPSA) is 23.6 Å². The van der Waals surface area contributed by atoms with Crippen LogP contribution < -0.4 is 0 Å². The van der Waals surface area contributed by atoms with Gasteiger partial charge in [0.15, 0.2) is 11.6 Å². The van der Waals surface area contributed by atoms with Gasteiger partial charge in [-0.3, -0.25) is 9.69 Å².